The number of methoxy groups -OCH3 is 1. The highest BCUT2D eigenvalue weighted by Gasteiger charge is 2.03. The Hall–Kier alpha value is -10.8. The van der Waals surface area contributed by atoms with Crippen molar-refractivity contribution in [3.63, 3.8) is 0 Å². The van der Waals surface area contributed by atoms with E-state index in [9.17, 15) is 0 Å². The van der Waals surface area contributed by atoms with Gasteiger partial charge in [0.1, 0.15) is 29.5 Å². The molecule has 1 saturated heterocycles. The van der Waals surface area contributed by atoms with Crippen molar-refractivity contribution in [2.75, 3.05) is 77.0 Å². The van der Waals surface area contributed by atoms with Crippen molar-refractivity contribution in [2.24, 2.45) is 0 Å². The molecule has 1 aliphatic rings. The molecule has 0 spiro atoms. The molecule has 101 heavy (non-hydrogen) atoms. The number of benzene rings is 3. The van der Waals surface area contributed by atoms with E-state index >= 15 is 0 Å². The first-order chi connectivity index (χ1) is 49.3. The Bertz CT molecular complexity index is 3950. The molecule has 17 nitrogen and oxygen atoms in total. The van der Waals surface area contributed by atoms with Gasteiger partial charge in [-0.25, -0.2) is 24.9 Å². The first kappa shape index (κ1) is 80.9. The summed E-state index contributed by atoms with van der Waals surface area (Å²) in [6, 6.07) is 61.5. The average molecular weight is 1360 g/mol. The Kier molecular flexibility index (Phi) is 40.5. The van der Waals surface area contributed by atoms with E-state index in [1.807, 2.05) is 199 Å². The van der Waals surface area contributed by atoms with Crippen LogP contribution in [0.2, 0.25) is 0 Å². The number of hydrogen-bond acceptors (Lipinski definition) is 17. The lowest BCUT2D eigenvalue weighted by Crippen LogP contribution is -2.39. The fraction of sp³-hybridized carbons (Fsp3) is 0.298. The van der Waals surface area contributed by atoms with Crippen molar-refractivity contribution >= 4 is 60.9 Å². The lowest BCUT2D eigenvalue weighted by atomic mass is 10.1. The summed E-state index contributed by atoms with van der Waals surface area (Å²) in [4.78, 5) is 48.9. The molecule has 0 unspecified atom stereocenters. The van der Waals surface area contributed by atoms with E-state index in [0.717, 1.165) is 99.8 Å². The summed E-state index contributed by atoms with van der Waals surface area (Å²) in [5, 5.41) is 12.2. The first-order valence-corrected chi connectivity index (χ1v) is 34.9. The van der Waals surface area contributed by atoms with Gasteiger partial charge < -0.3 is 30.9 Å². The molecule has 528 valence electrons. The van der Waals surface area contributed by atoms with Crippen molar-refractivity contribution in [1.82, 2.24) is 65.5 Å². The monoisotopic (exact) mass is 1350 g/mol. The van der Waals surface area contributed by atoms with Gasteiger partial charge in [-0.2, -0.15) is 0 Å². The van der Waals surface area contributed by atoms with Gasteiger partial charge in [-0.3, -0.25) is 29.9 Å². The number of rotatable bonds is 14. The summed E-state index contributed by atoms with van der Waals surface area (Å²) in [5.74, 6) is 3.40. The number of aryl methyl sites for hydroxylation is 5. The molecular weight excluding hydrogens is 1250 g/mol. The fourth-order valence-electron chi connectivity index (χ4n) is 9.88. The molecule has 0 bridgehead atoms. The van der Waals surface area contributed by atoms with Gasteiger partial charge in [-0.1, -0.05) is 131 Å². The third-order valence-corrected chi connectivity index (χ3v) is 15.0. The topological polar surface area (TPSA) is 208 Å². The molecule has 11 heterocycles. The zero-order valence-corrected chi connectivity index (χ0v) is 61.2. The molecule has 0 radical (unpaired) electrons. The van der Waals surface area contributed by atoms with Crippen LogP contribution in [0.15, 0.2) is 256 Å². The summed E-state index contributed by atoms with van der Waals surface area (Å²) in [6.45, 7) is 14.9. The van der Waals surface area contributed by atoms with Gasteiger partial charge in [0.15, 0.2) is 0 Å². The second kappa shape index (κ2) is 50.6. The molecule has 13 aromatic rings. The predicted molar refractivity (Wildman–Crippen MR) is 424 cm³/mol. The molecule has 14 rings (SSSR count). The number of para-hydroxylation sites is 1. The van der Waals surface area contributed by atoms with Gasteiger partial charge >= 0.3 is 0 Å². The Morgan fingerprint density at radius 3 is 1.48 bits per heavy atom. The largest absolute Gasteiger partial charge is 0.497 e. The minimum Gasteiger partial charge on any atom is -0.497 e. The number of ether oxygens (including phenoxy) is 1. The Labute approximate surface area is 600 Å². The van der Waals surface area contributed by atoms with Gasteiger partial charge in [0.05, 0.1) is 23.7 Å². The number of nitrogens with two attached hydrogens (primary N) is 1. The predicted octanol–water partition coefficient (Wildman–Crippen LogP) is 17.7. The molecule has 17 heteroatoms. The number of nitrogens with one attached hydrogen (secondary N) is 2. The Morgan fingerprint density at radius 2 is 0.970 bits per heavy atom. The van der Waals surface area contributed by atoms with Crippen LogP contribution in [0.5, 0.6) is 5.75 Å². The van der Waals surface area contributed by atoms with E-state index in [0.29, 0.717) is 5.82 Å². The van der Waals surface area contributed by atoms with E-state index in [4.69, 9.17) is 10.5 Å². The third-order valence-electron chi connectivity index (χ3n) is 15.0. The van der Waals surface area contributed by atoms with E-state index in [2.05, 4.69) is 140 Å². The van der Waals surface area contributed by atoms with Crippen molar-refractivity contribution < 1.29 is 4.74 Å². The highest BCUT2D eigenvalue weighted by Crippen LogP contribution is 2.23. The number of aromatic nitrogens is 11. The van der Waals surface area contributed by atoms with Gasteiger partial charge in [-0.15, -0.1) is 0 Å². The van der Waals surface area contributed by atoms with Crippen molar-refractivity contribution in [2.45, 2.75) is 105 Å². The van der Waals surface area contributed by atoms with Gasteiger partial charge in [-0.05, 0) is 167 Å². The molecule has 0 atom stereocenters. The summed E-state index contributed by atoms with van der Waals surface area (Å²) in [6.07, 6.45) is 34.5. The highest BCUT2D eigenvalue weighted by molar-refractivity contribution is 6.04. The number of hydrogen-bond donors (Lipinski definition) is 3. The summed E-state index contributed by atoms with van der Waals surface area (Å²) < 4.78 is 5.16. The second-order valence-electron chi connectivity index (χ2n) is 23.9. The van der Waals surface area contributed by atoms with Crippen LogP contribution in [-0.4, -0.2) is 116 Å². The lowest BCUT2D eigenvalue weighted by Gasteiger charge is -2.11. The number of unbranched alkanes of at least 4 members (excludes halogenated alkanes) is 9. The normalized spacial score (nSPS) is 10.7. The maximum atomic E-state index is 5.25. The van der Waals surface area contributed by atoms with Crippen LogP contribution in [0.25, 0.3) is 43.5 Å². The van der Waals surface area contributed by atoms with Crippen molar-refractivity contribution in [3.05, 3.63) is 285 Å². The zero-order valence-electron chi connectivity index (χ0n) is 61.2. The number of fused-ring (bicyclic) bond motifs is 5. The molecular formula is C84H106N16O. The molecule has 4 N–H and O–H groups in total. The SMILES string of the molecule is C1CNCCN1.CCCCCCCCCCCCc1ccccn1.CN(C)c1ccccn1.COc1ccc2nc(N(C)C)ccc2c1.Cc1cc(C)nc(C)c1.Cc1ccccn1.Nc1ccccn1.c1ccc2ncccc2c1.c1cnc2c(c1)ccc1cnccc12.c1cncnc1. The molecule has 0 aliphatic carbocycles. The molecule has 10 aromatic heterocycles. The summed E-state index contributed by atoms with van der Waals surface area (Å²) in [5.41, 5.74) is 14.2. The van der Waals surface area contributed by atoms with Crippen LogP contribution in [0.1, 0.15) is 99.5 Å². The number of anilines is 3. The standard InChI is InChI=1S/C17H29N.C12H14N2O.C12H8N2.C9H7N.C8H11N.C7H10N2.C6H7N.C5H6N2.C4H10N2.C4H4N2/c1-2-3-4-5-6-7-8-9-10-11-14-17-15-12-13-16-18-17;1-14(2)12-7-4-9-8-10(15-3)5-6-11(9)13-12;1-2-9-3-4-10-8-13-7-5-11(10)12(9)14-6-1;1-2-6-9-8(4-1)5-3-7-10-9;1-6-4-7(2)9-8(3)5-6;1-9(2)7-5-3-4-6-8-7;1-6-4-2-3-5-7-6;6-5-3-1-2-4-7-5;1-2-6-4-3-5-1;1-2-5-4-6-3-1/h12-13,15-16H,2-11,14H2,1H3;4-8H,1-3H3;1-8H;1-7H;4-5H,1-3H3;3-6H,1-2H3;2-5H,1H3;1-4H,(H2,6,7);5-6H,1-4H2;1-4H. The van der Waals surface area contributed by atoms with Crippen LogP contribution in [-0.2, 0) is 6.42 Å². The maximum Gasteiger partial charge on any atom is 0.128 e. The van der Waals surface area contributed by atoms with E-state index in [1.165, 1.54) is 92.6 Å². The van der Waals surface area contributed by atoms with Gasteiger partial charge in [0.25, 0.3) is 0 Å². The molecule has 0 saturated carbocycles. The second-order valence-corrected chi connectivity index (χ2v) is 23.9. The Balaban J connectivity index is 0.000000206. The van der Waals surface area contributed by atoms with Crippen molar-refractivity contribution in [3.8, 4) is 5.75 Å². The van der Waals surface area contributed by atoms with E-state index in [1.54, 1.807) is 56.4 Å². The molecule has 1 fully saturated rings. The zero-order chi connectivity index (χ0) is 72.2. The van der Waals surface area contributed by atoms with E-state index in [-0.39, 0.29) is 0 Å². The van der Waals surface area contributed by atoms with E-state index < -0.39 is 0 Å². The number of nitrogens with zero attached hydrogens (tertiary/aromatic N) is 13. The van der Waals surface area contributed by atoms with Crippen LogP contribution < -0.4 is 30.9 Å². The maximum absolute atomic E-state index is 5.25. The average Bonchev–Trinajstić information content (AvgIpc) is 0.806. The first-order valence-electron chi connectivity index (χ1n) is 34.9. The Morgan fingerprint density at radius 1 is 0.406 bits per heavy atom. The number of nitrogen functional groups attached to an aromatic ring is 1. The third kappa shape index (κ3) is 35.5. The van der Waals surface area contributed by atoms with Crippen LogP contribution in [0, 0.1) is 27.7 Å². The quantitative estimate of drug-likeness (QED) is 0.0683. The van der Waals surface area contributed by atoms with Crippen LogP contribution >= 0.6 is 0 Å². The van der Waals surface area contributed by atoms with Gasteiger partial charge in [0.2, 0.25) is 0 Å². The minimum atomic E-state index is 0.572. The smallest absolute Gasteiger partial charge is 0.128 e. The molecule has 0 amide bonds. The highest BCUT2D eigenvalue weighted by atomic mass is 16.5. The number of piperazine rings is 1. The van der Waals surface area contributed by atoms with Crippen LogP contribution in [0.3, 0.4) is 0 Å². The summed E-state index contributed by atoms with van der Waals surface area (Å²) in [7, 11) is 9.59. The van der Waals surface area contributed by atoms with Crippen LogP contribution in [0.4, 0.5) is 17.5 Å². The lowest BCUT2D eigenvalue weighted by molar-refractivity contribution is 0.415. The van der Waals surface area contributed by atoms with Gasteiger partial charge in [0, 0.05) is 166 Å². The minimum absolute atomic E-state index is 0.572. The summed E-state index contributed by atoms with van der Waals surface area (Å²) >= 11 is 0. The molecule has 1 aliphatic heterocycles. The molecule has 3 aromatic carbocycles. The number of pyridine rings is 9. The fourth-order valence-corrected chi connectivity index (χ4v) is 9.88. The van der Waals surface area contributed by atoms with Crippen molar-refractivity contribution in [1.29, 1.82) is 0 Å².